The minimum Gasteiger partial charge on any atom is -0.392 e. The number of nitrogens with two attached hydrogens (primary N) is 1. The van der Waals surface area contributed by atoms with Crippen LogP contribution in [-0.2, 0) is 9.53 Å². The molecule has 1 aliphatic carbocycles. The summed E-state index contributed by atoms with van der Waals surface area (Å²) in [5.74, 6) is -0.0602. The highest BCUT2D eigenvalue weighted by Gasteiger charge is 2.37. The molecule has 0 aromatic heterocycles. The van der Waals surface area contributed by atoms with Gasteiger partial charge >= 0.3 is 0 Å². The summed E-state index contributed by atoms with van der Waals surface area (Å²) in [4.78, 5) is 12.0. The van der Waals surface area contributed by atoms with Crippen LogP contribution in [0.3, 0.4) is 0 Å². The van der Waals surface area contributed by atoms with Gasteiger partial charge in [0.15, 0.2) is 0 Å². The van der Waals surface area contributed by atoms with E-state index in [4.69, 9.17) is 10.5 Å². The summed E-state index contributed by atoms with van der Waals surface area (Å²) in [5.41, 5.74) is 5.34. The lowest BCUT2D eigenvalue weighted by Crippen LogP contribution is -2.47. The van der Waals surface area contributed by atoms with Crippen molar-refractivity contribution >= 4 is 5.91 Å². The average molecular weight is 270 g/mol. The van der Waals surface area contributed by atoms with Crippen molar-refractivity contribution in [3.63, 3.8) is 0 Å². The molecule has 0 bridgehead atoms. The Hall–Kier alpha value is -0.650. The van der Waals surface area contributed by atoms with E-state index in [0.29, 0.717) is 13.1 Å². The molecule has 2 fully saturated rings. The lowest BCUT2D eigenvalue weighted by molar-refractivity contribution is -0.133. The van der Waals surface area contributed by atoms with Crippen LogP contribution in [0.4, 0.5) is 0 Å². The fraction of sp³-hybridized carbons (Fsp3) is 0.929. The number of rotatable bonds is 4. The summed E-state index contributed by atoms with van der Waals surface area (Å²) in [6.07, 6.45) is 4.94. The van der Waals surface area contributed by atoms with Crippen molar-refractivity contribution in [3.8, 4) is 0 Å². The molecule has 5 nitrogen and oxygen atoms in total. The molecule has 1 heterocycles. The molecule has 1 saturated heterocycles. The third-order valence-electron chi connectivity index (χ3n) is 4.61. The zero-order chi connectivity index (χ0) is 13.9. The summed E-state index contributed by atoms with van der Waals surface area (Å²) in [7, 11) is 0. The Labute approximate surface area is 114 Å². The van der Waals surface area contributed by atoms with Crippen molar-refractivity contribution in [1.82, 2.24) is 5.32 Å². The Kier molecular flexibility index (Phi) is 4.81. The summed E-state index contributed by atoms with van der Waals surface area (Å²) >= 11 is 0. The monoisotopic (exact) mass is 270 g/mol. The average Bonchev–Trinajstić information content (AvgIpc) is 2.89. The maximum atomic E-state index is 12.0. The molecule has 110 valence electrons. The first-order valence-corrected chi connectivity index (χ1v) is 7.36. The van der Waals surface area contributed by atoms with E-state index in [9.17, 15) is 9.90 Å². The number of nitrogens with one attached hydrogen (secondary N) is 1. The Balaban J connectivity index is 1.80. The first-order chi connectivity index (χ1) is 9.05. The first kappa shape index (κ1) is 14.8. The van der Waals surface area contributed by atoms with Gasteiger partial charge in [-0.2, -0.15) is 0 Å². The molecule has 0 aromatic carbocycles. The molecule has 2 aliphatic rings. The van der Waals surface area contributed by atoms with E-state index >= 15 is 0 Å². The van der Waals surface area contributed by atoms with Crippen LogP contribution >= 0.6 is 0 Å². The molecule has 2 unspecified atom stereocenters. The Morgan fingerprint density at radius 2 is 2.21 bits per heavy atom. The van der Waals surface area contributed by atoms with Gasteiger partial charge in [0.1, 0.15) is 6.10 Å². The predicted octanol–water partition coefficient (Wildman–Crippen LogP) is 0.550. The zero-order valence-electron chi connectivity index (χ0n) is 11.7. The maximum absolute atomic E-state index is 12.0. The van der Waals surface area contributed by atoms with Crippen LogP contribution in [0.1, 0.15) is 45.4 Å². The van der Waals surface area contributed by atoms with Crippen LogP contribution in [0.15, 0.2) is 0 Å². The molecule has 0 radical (unpaired) electrons. The second-order valence-electron chi connectivity index (χ2n) is 6.19. The van der Waals surface area contributed by atoms with Gasteiger partial charge < -0.3 is 20.9 Å². The number of amides is 1. The van der Waals surface area contributed by atoms with E-state index < -0.39 is 0 Å². The standard InChI is InChI=1S/C14H26N2O3/c1-14(7-3-2-4-12(14)17)9-16-13(18)11-6-5-10(8-15)19-11/h10-12,17H,2-9,15H2,1H3,(H,16,18)/t10-,11+,12?,14?/m1/s1. The van der Waals surface area contributed by atoms with Crippen LogP contribution in [0.2, 0.25) is 0 Å². The smallest absolute Gasteiger partial charge is 0.249 e. The molecule has 19 heavy (non-hydrogen) atoms. The van der Waals surface area contributed by atoms with E-state index in [0.717, 1.165) is 38.5 Å². The van der Waals surface area contributed by atoms with Crippen LogP contribution in [-0.4, -0.2) is 42.4 Å². The Morgan fingerprint density at radius 1 is 1.42 bits per heavy atom. The molecule has 4 atom stereocenters. The van der Waals surface area contributed by atoms with Crippen molar-refractivity contribution < 1.29 is 14.6 Å². The second-order valence-corrected chi connectivity index (χ2v) is 6.19. The zero-order valence-corrected chi connectivity index (χ0v) is 11.7. The second kappa shape index (κ2) is 6.20. The lowest BCUT2D eigenvalue weighted by Gasteiger charge is -2.38. The molecule has 0 spiro atoms. The molecule has 1 aliphatic heterocycles. The van der Waals surface area contributed by atoms with Gasteiger partial charge in [0.05, 0.1) is 12.2 Å². The molecule has 1 amide bonds. The number of aliphatic hydroxyl groups excluding tert-OH is 1. The van der Waals surface area contributed by atoms with Gasteiger partial charge in [-0.05, 0) is 25.7 Å². The Morgan fingerprint density at radius 3 is 2.84 bits per heavy atom. The van der Waals surface area contributed by atoms with Gasteiger partial charge in [0.2, 0.25) is 5.91 Å². The van der Waals surface area contributed by atoms with Crippen molar-refractivity contribution in [2.75, 3.05) is 13.1 Å². The SMILES string of the molecule is CC1(CNC(=O)[C@@H]2CC[C@H](CN)O2)CCCCC1O. The van der Waals surface area contributed by atoms with Gasteiger partial charge in [0.25, 0.3) is 0 Å². The highest BCUT2D eigenvalue weighted by molar-refractivity contribution is 5.81. The van der Waals surface area contributed by atoms with E-state index in [1.807, 2.05) is 0 Å². The fourth-order valence-corrected chi connectivity index (χ4v) is 3.06. The molecule has 0 aromatic rings. The highest BCUT2D eigenvalue weighted by atomic mass is 16.5. The van der Waals surface area contributed by atoms with Crippen LogP contribution in [0.25, 0.3) is 0 Å². The number of hydrogen-bond donors (Lipinski definition) is 3. The molecular weight excluding hydrogens is 244 g/mol. The number of aliphatic hydroxyl groups is 1. The molecule has 2 rings (SSSR count). The third kappa shape index (κ3) is 3.46. The lowest BCUT2D eigenvalue weighted by atomic mass is 9.73. The van der Waals surface area contributed by atoms with E-state index in [1.165, 1.54) is 0 Å². The fourth-order valence-electron chi connectivity index (χ4n) is 3.06. The van der Waals surface area contributed by atoms with Crippen LogP contribution in [0.5, 0.6) is 0 Å². The third-order valence-corrected chi connectivity index (χ3v) is 4.61. The summed E-state index contributed by atoms with van der Waals surface area (Å²) < 4.78 is 5.57. The number of ether oxygens (including phenoxy) is 1. The van der Waals surface area contributed by atoms with Crippen molar-refractivity contribution in [3.05, 3.63) is 0 Å². The highest BCUT2D eigenvalue weighted by Crippen LogP contribution is 2.35. The summed E-state index contributed by atoms with van der Waals surface area (Å²) in [6, 6.07) is 0. The predicted molar refractivity (Wildman–Crippen MR) is 72.5 cm³/mol. The van der Waals surface area contributed by atoms with E-state index in [1.54, 1.807) is 0 Å². The van der Waals surface area contributed by atoms with E-state index in [2.05, 4.69) is 12.2 Å². The van der Waals surface area contributed by atoms with Gasteiger partial charge in [-0.25, -0.2) is 0 Å². The van der Waals surface area contributed by atoms with Crippen molar-refractivity contribution in [1.29, 1.82) is 0 Å². The van der Waals surface area contributed by atoms with Crippen LogP contribution in [0, 0.1) is 5.41 Å². The summed E-state index contributed by atoms with van der Waals surface area (Å²) in [6.45, 7) is 3.05. The molecular formula is C14H26N2O3. The maximum Gasteiger partial charge on any atom is 0.249 e. The molecule has 1 saturated carbocycles. The summed E-state index contributed by atoms with van der Waals surface area (Å²) in [5, 5.41) is 13.0. The normalized spacial score (nSPS) is 39.2. The first-order valence-electron chi connectivity index (χ1n) is 7.36. The van der Waals surface area contributed by atoms with Gasteiger partial charge in [-0.3, -0.25) is 4.79 Å². The molecule has 4 N–H and O–H groups in total. The van der Waals surface area contributed by atoms with Gasteiger partial charge in [0, 0.05) is 18.5 Å². The van der Waals surface area contributed by atoms with Gasteiger partial charge in [-0.15, -0.1) is 0 Å². The minimum atomic E-state index is -0.363. The quantitative estimate of drug-likeness (QED) is 0.696. The van der Waals surface area contributed by atoms with E-state index in [-0.39, 0.29) is 29.6 Å². The number of carbonyl (C=O) groups is 1. The largest absolute Gasteiger partial charge is 0.392 e. The van der Waals surface area contributed by atoms with Crippen molar-refractivity contribution in [2.45, 2.75) is 63.8 Å². The minimum absolute atomic E-state index is 0.0200. The van der Waals surface area contributed by atoms with Crippen LogP contribution < -0.4 is 11.1 Å². The Bertz CT molecular complexity index is 324. The number of hydrogen-bond acceptors (Lipinski definition) is 4. The molecule has 5 heteroatoms. The topological polar surface area (TPSA) is 84.6 Å². The number of carbonyl (C=O) groups excluding carboxylic acids is 1. The van der Waals surface area contributed by atoms with Gasteiger partial charge in [-0.1, -0.05) is 19.8 Å². The van der Waals surface area contributed by atoms with Crippen molar-refractivity contribution in [2.24, 2.45) is 11.1 Å².